The van der Waals surface area contributed by atoms with Crippen molar-refractivity contribution in [2.45, 2.75) is 85.9 Å². The summed E-state index contributed by atoms with van der Waals surface area (Å²) >= 11 is 0. The molecule has 0 fully saturated rings. The number of hydrogen-bond acceptors (Lipinski definition) is 3. The van der Waals surface area contributed by atoms with Gasteiger partial charge in [0.05, 0.1) is 5.69 Å². The van der Waals surface area contributed by atoms with Crippen LogP contribution < -0.4 is 4.74 Å². The number of rotatable bonds is 7. The van der Waals surface area contributed by atoms with Crippen LogP contribution in [-0.4, -0.2) is 19.3 Å². The number of pyridine rings is 1. The van der Waals surface area contributed by atoms with E-state index >= 15 is 0 Å². The van der Waals surface area contributed by atoms with E-state index in [0.29, 0.717) is 11.5 Å². The largest absolute Gasteiger partial charge is 2.00 e. The van der Waals surface area contributed by atoms with E-state index in [1.165, 1.54) is 5.56 Å². The van der Waals surface area contributed by atoms with Crippen molar-refractivity contribution in [2.24, 2.45) is 0 Å². The van der Waals surface area contributed by atoms with Crippen molar-refractivity contribution in [3.05, 3.63) is 131 Å². The van der Waals surface area contributed by atoms with Gasteiger partial charge in [-0.1, -0.05) is 109 Å². The standard InChI is InChI=1S/C45H46N4O.Pt/c1-10-38-43(30-15-13-12-14-16-30)39(11-2)49(47-38)33-24-32(45(7,8)9)25-35(27-33)50-34-18-19-36-37-23-29(3)17-20-40(37)48(41(36)28-34)42-26-31(21-22-46-42)44(4,5)6;/h12-26H,10-11H2,1-9H3;/q-2;+2/i3D3;. The topological polar surface area (TPSA) is 44.9 Å². The zero-order chi connectivity index (χ0) is 37.9. The Morgan fingerprint density at radius 2 is 1.53 bits per heavy atom. The van der Waals surface area contributed by atoms with Crippen molar-refractivity contribution in [2.75, 3.05) is 0 Å². The average molecular weight is 857 g/mol. The maximum absolute atomic E-state index is 8.09. The second-order valence-corrected chi connectivity index (χ2v) is 15.0. The molecule has 7 rings (SSSR count). The number of aryl methyl sites for hydroxylation is 2. The van der Waals surface area contributed by atoms with E-state index < -0.39 is 6.85 Å². The SMILES string of the molecule is [2H]C([2H])([2H])c1ccc2c(c1)c1ccc(Oc3[c-]c(-n4nc(CC)c(-c5ccccc5)c4CC)cc(C(C)(C)C)c3)[c-]c1n2-c1cc(C(C)(C)C)ccn1.[Pt+2]. The van der Waals surface area contributed by atoms with E-state index in [0.717, 1.165) is 74.2 Å². The number of fused-ring (bicyclic) bond motifs is 3. The molecule has 0 bridgehead atoms. The second kappa shape index (κ2) is 13.9. The van der Waals surface area contributed by atoms with Crippen LogP contribution in [-0.2, 0) is 44.7 Å². The molecule has 0 atom stereocenters. The molecule has 0 N–H and O–H groups in total. The van der Waals surface area contributed by atoms with Crippen LogP contribution in [0.5, 0.6) is 11.5 Å². The van der Waals surface area contributed by atoms with E-state index in [-0.39, 0.29) is 37.5 Å². The maximum Gasteiger partial charge on any atom is 2.00 e. The van der Waals surface area contributed by atoms with Gasteiger partial charge in [0.25, 0.3) is 0 Å². The zero-order valence-electron chi connectivity index (χ0n) is 33.6. The van der Waals surface area contributed by atoms with Gasteiger partial charge in [-0.2, -0.15) is 11.2 Å². The summed E-state index contributed by atoms with van der Waals surface area (Å²) < 4.78 is 35.0. The minimum absolute atomic E-state index is 0. The quantitative estimate of drug-likeness (QED) is 0.150. The van der Waals surface area contributed by atoms with Crippen LogP contribution in [0.4, 0.5) is 0 Å². The van der Waals surface area contributed by atoms with Gasteiger partial charge in [-0.15, -0.1) is 41.3 Å². The van der Waals surface area contributed by atoms with E-state index in [9.17, 15) is 0 Å². The summed E-state index contributed by atoms with van der Waals surface area (Å²) in [7, 11) is 0. The first kappa shape index (κ1) is 32.4. The van der Waals surface area contributed by atoms with Gasteiger partial charge in [-0.3, -0.25) is 4.68 Å². The number of ether oxygens (including phenoxy) is 1. The van der Waals surface area contributed by atoms with Crippen LogP contribution in [0.15, 0.2) is 91.1 Å². The van der Waals surface area contributed by atoms with Gasteiger partial charge >= 0.3 is 21.1 Å². The predicted molar refractivity (Wildman–Crippen MR) is 206 cm³/mol. The van der Waals surface area contributed by atoms with Crippen LogP contribution in [0, 0.1) is 19.0 Å². The third kappa shape index (κ3) is 6.94. The van der Waals surface area contributed by atoms with Crippen LogP contribution >= 0.6 is 0 Å². The molecule has 3 heterocycles. The van der Waals surface area contributed by atoms with Gasteiger partial charge in [0.15, 0.2) is 0 Å². The van der Waals surface area contributed by atoms with Crippen molar-refractivity contribution in [3.8, 4) is 34.1 Å². The van der Waals surface area contributed by atoms with Crippen LogP contribution in [0.3, 0.4) is 0 Å². The van der Waals surface area contributed by atoms with E-state index in [1.54, 1.807) is 12.1 Å². The molecule has 4 aromatic carbocycles. The molecule has 0 unspecified atom stereocenters. The molecule has 5 nitrogen and oxygen atoms in total. The summed E-state index contributed by atoms with van der Waals surface area (Å²) in [6.07, 6.45) is 3.42. The third-order valence-corrected chi connectivity index (χ3v) is 9.42. The molecule has 0 amide bonds. The smallest absolute Gasteiger partial charge is 0.509 e. The molecule has 0 spiro atoms. The fourth-order valence-corrected chi connectivity index (χ4v) is 6.69. The van der Waals surface area contributed by atoms with Crippen LogP contribution in [0.1, 0.15) is 87.6 Å². The van der Waals surface area contributed by atoms with E-state index in [1.807, 2.05) is 51.8 Å². The molecular formula is C45H46N4OPt. The van der Waals surface area contributed by atoms with E-state index in [2.05, 4.69) is 104 Å². The Labute approximate surface area is 321 Å². The summed E-state index contributed by atoms with van der Waals surface area (Å²) in [5.74, 6) is 1.79. The van der Waals surface area contributed by atoms with Crippen LogP contribution in [0.25, 0.3) is 44.4 Å². The van der Waals surface area contributed by atoms with Gasteiger partial charge in [0, 0.05) is 38.6 Å². The molecule has 0 saturated carbocycles. The van der Waals surface area contributed by atoms with Crippen LogP contribution in [0.2, 0.25) is 0 Å². The molecule has 262 valence electrons. The summed E-state index contributed by atoms with van der Waals surface area (Å²) in [6.45, 7) is 15.2. The minimum atomic E-state index is -2.24. The Kier molecular flexibility index (Phi) is 8.85. The number of benzene rings is 4. The van der Waals surface area contributed by atoms with E-state index in [4.69, 9.17) is 18.9 Å². The molecule has 0 aliphatic heterocycles. The van der Waals surface area contributed by atoms with Gasteiger partial charge < -0.3 is 9.30 Å². The molecule has 6 heteroatoms. The van der Waals surface area contributed by atoms with Gasteiger partial charge in [-0.25, -0.2) is 4.98 Å². The predicted octanol–water partition coefficient (Wildman–Crippen LogP) is 11.4. The Morgan fingerprint density at radius 3 is 2.22 bits per heavy atom. The summed E-state index contributed by atoms with van der Waals surface area (Å²) in [5, 5.41) is 6.82. The Balaban J connectivity index is 0.00000497. The maximum atomic E-state index is 8.09. The molecule has 0 saturated heterocycles. The Hall–Kier alpha value is -4.47. The van der Waals surface area contributed by atoms with Gasteiger partial charge in [0.2, 0.25) is 0 Å². The van der Waals surface area contributed by atoms with Crippen molar-refractivity contribution in [1.29, 1.82) is 0 Å². The second-order valence-electron chi connectivity index (χ2n) is 15.0. The monoisotopic (exact) mass is 856 g/mol. The summed E-state index contributed by atoms with van der Waals surface area (Å²) in [5.41, 5.74) is 9.13. The molecule has 0 aliphatic rings. The first-order chi connectivity index (χ1) is 25.1. The average Bonchev–Trinajstić information content (AvgIpc) is 3.66. The van der Waals surface area contributed by atoms with Crippen molar-refractivity contribution < 1.29 is 29.9 Å². The number of nitrogens with zero attached hydrogens (tertiary/aromatic N) is 4. The summed E-state index contributed by atoms with van der Waals surface area (Å²) in [4.78, 5) is 4.79. The first-order valence-electron chi connectivity index (χ1n) is 19.0. The van der Waals surface area contributed by atoms with Crippen molar-refractivity contribution in [1.82, 2.24) is 19.3 Å². The molecule has 51 heavy (non-hydrogen) atoms. The van der Waals surface area contributed by atoms with Gasteiger partial charge in [0.1, 0.15) is 5.82 Å². The minimum Gasteiger partial charge on any atom is -0.509 e. The Morgan fingerprint density at radius 1 is 0.765 bits per heavy atom. The number of aromatic nitrogens is 4. The zero-order valence-corrected chi connectivity index (χ0v) is 32.9. The molecule has 0 aliphatic carbocycles. The molecule has 0 radical (unpaired) electrons. The number of hydrogen-bond donors (Lipinski definition) is 0. The van der Waals surface area contributed by atoms with Gasteiger partial charge in [-0.05, 0) is 70.9 Å². The fourth-order valence-electron chi connectivity index (χ4n) is 6.69. The fraction of sp³-hybridized carbons (Fsp3) is 0.289. The Bertz CT molecular complexity index is 2470. The third-order valence-electron chi connectivity index (χ3n) is 9.42. The normalized spacial score (nSPS) is 13.1. The van der Waals surface area contributed by atoms with Crippen molar-refractivity contribution >= 4 is 21.8 Å². The molecular weight excluding hydrogens is 808 g/mol. The molecule has 3 aromatic heterocycles. The van der Waals surface area contributed by atoms with Crippen molar-refractivity contribution in [3.63, 3.8) is 0 Å². The summed E-state index contributed by atoms with van der Waals surface area (Å²) in [6, 6.07) is 35.1. The molecule has 7 aromatic rings. The first-order valence-corrected chi connectivity index (χ1v) is 17.5.